The Morgan fingerprint density at radius 3 is 2.50 bits per heavy atom. The minimum atomic E-state index is -0.0336. The molecule has 0 unspecified atom stereocenters. The van der Waals surface area contributed by atoms with Crippen molar-refractivity contribution in [3.8, 4) is 11.4 Å². The molecule has 6 heteroatoms. The largest absolute Gasteiger partial charge is 0.497 e. The number of benzene rings is 1. The third-order valence-electron chi connectivity index (χ3n) is 3.72. The summed E-state index contributed by atoms with van der Waals surface area (Å²) in [4.78, 5) is 14.0. The van der Waals surface area contributed by atoms with Crippen molar-refractivity contribution in [3.05, 3.63) is 36.2 Å². The van der Waals surface area contributed by atoms with Crippen molar-refractivity contribution in [1.29, 1.82) is 0 Å². The maximum Gasteiger partial charge on any atom is 0.182 e. The van der Waals surface area contributed by atoms with Gasteiger partial charge in [0.2, 0.25) is 0 Å². The van der Waals surface area contributed by atoms with E-state index >= 15 is 0 Å². The molecule has 1 saturated heterocycles. The van der Waals surface area contributed by atoms with E-state index in [2.05, 4.69) is 10.00 Å². The summed E-state index contributed by atoms with van der Waals surface area (Å²) in [6.07, 6.45) is 1.91. The van der Waals surface area contributed by atoms with E-state index in [4.69, 9.17) is 9.47 Å². The molecule has 0 atom stereocenters. The molecule has 1 aliphatic heterocycles. The minimum Gasteiger partial charge on any atom is -0.497 e. The van der Waals surface area contributed by atoms with Gasteiger partial charge < -0.3 is 14.4 Å². The highest BCUT2D eigenvalue weighted by molar-refractivity contribution is 5.97. The molecule has 2 heterocycles. The number of morpholine rings is 1. The zero-order valence-electron chi connectivity index (χ0n) is 12.8. The van der Waals surface area contributed by atoms with Crippen LogP contribution in [0.15, 0.2) is 30.5 Å². The monoisotopic (exact) mass is 301 g/mol. The third kappa shape index (κ3) is 2.82. The molecule has 0 bridgehead atoms. The SMILES string of the molecule is COc1ccc(-n2cc(N3CCOCC3)c(C(C)=O)n2)cc1. The van der Waals surface area contributed by atoms with Gasteiger partial charge in [-0.25, -0.2) is 4.68 Å². The van der Waals surface area contributed by atoms with E-state index in [0.29, 0.717) is 18.9 Å². The molecule has 1 aromatic heterocycles. The highest BCUT2D eigenvalue weighted by atomic mass is 16.5. The molecule has 1 aromatic carbocycles. The van der Waals surface area contributed by atoms with Gasteiger partial charge in [0.05, 0.1) is 37.9 Å². The number of carbonyl (C=O) groups is 1. The van der Waals surface area contributed by atoms with Crippen molar-refractivity contribution in [3.63, 3.8) is 0 Å². The van der Waals surface area contributed by atoms with Crippen LogP contribution in [0.4, 0.5) is 5.69 Å². The van der Waals surface area contributed by atoms with Crippen LogP contribution in [0, 0.1) is 0 Å². The second kappa shape index (κ2) is 6.19. The summed E-state index contributed by atoms with van der Waals surface area (Å²) in [6, 6.07) is 7.58. The lowest BCUT2D eigenvalue weighted by molar-refractivity contribution is 0.101. The second-order valence-corrected chi connectivity index (χ2v) is 5.16. The Labute approximate surface area is 129 Å². The zero-order valence-corrected chi connectivity index (χ0v) is 12.8. The normalized spacial score (nSPS) is 14.9. The van der Waals surface area contributed by atoms with Crippen molar-refractivity contribution in [1.82, 2.24) is 9.78 Å². The molecule has 3 rings (SSSR count). The van der Waals surface area contributed by atoms with E-state index < -0.39 is 0 Å². The molecule has 1 fully saturated rings. The predicted octanol–water partition coefficient (Wildman–Crippen LogP) is 1.92. The van der Waals surface area contributed by atoms with Crippen molar-refractivity contribution in [2.75, 3.05) is 38.3 Å². The van der Waals surface area contributed by atoms with Gasteiger partial charge in [-0.15, -0.1) is 0 Å². The Kier molecular flexibility index (Phi) is 4.11. The number of nitrogens with zero attached hydrogens (tertiary/aromatic N) is 3. The molecule has 0 N–H and O–H groups in total. The molecular formula is C16H19N3O3. The van der Waals surface area contributed by atoms with Gasteiger partial charge in [0, 0.05) is 20.0 Å². The Balaban J connectivity index is 1.96. The number of ether oxygens (including phenoxy) is 2. The van der Waals surface area contributed by atoms with E-state index in [1.54, 1.807) is 18.7 Å². The van der Waals surface area contributed by atoms with Crippen molar-refractivity contribution < 1.29 is 14.3 Å². The summed E-state index contributed by atoms with van der Waals surface area (Å²) < 4.78 is 12.3. The van der Waals surface area contributed by atoms with E-state index in [1.807, 2.05) is 30.5 Å². The topological polar surface area (TPSA) is 56.6 Å². The molecule has 0 radical (unpaired) electrons. The Hall–Kier alpha value is -2.34. The first kappa shape index (κ1) is 14.6. The summed E-state index contributed by atoms with van der Waals surface area (Å²) in [5.41, 5.74) is 2.26. The first-order valence-electron chi connectivity index (χ1n) is 7.27. The molecule has 0 aliphatic carbocycles. The molecule has 6 nitrogen and oxygen atoms in total. The molecule has 116 valence electrons. The Morgan fingerprint density at radius 1 is 1.23 bits per heavy atom. The molecule has 2 aromatic rings. The molecular weight excluding hydrogens is 282 g/mol. The van der Waals surface area contributed by atoms with Gasteiger partial charge in [-0.3, -0.25) is 4.79 Å². The molecule has 0 saturated carbocycles. The van der Waals surface area contributed by atoms with Crippen LogP contribution >= 0.6 is 0 Å². The average Bonchev–Trinajstić information content (AvgIpc) is 3.01. The number of rotatable bonds is 4. The highest BCUT2D eigenvalue weighted by Crippen LogP contribution is 2.24. The fourth-order valence-corrected chi connectivity index (χ4v) is 2.52. The van der Waals surface area contributed by atoms with Gasteiger partial charge in [0.1, 0.15) is 5.75 Å². The lowest BCUT2D eigenvalue weighted by Crippen LogP contribution is -2.36. The van der Waals surface area contributed by atoms with Gasteiger partial charge in [-0.2, -0.15) is 5.10 Å². The van der Waals surface area contributed by atoms with Gasteiger partial charge in [0.25, 0.3) is 0 Å². The first-order valence-corrected chi connectivity index (χ1v) is 7.27. The van der Waals surface area contributed by atoms with Crippen molar-refractivity contribution >= 4 is 11.5 Å². The van der Waals surface area contributed by atoms with Crippen LogP contribution in [0.25, 0.3) is 5.69 Å². The predicted molar refractivity (Wildman–Crippen MR) is 83.2 cm³/mol. The smallest absolute Gasteiger partial charge is 0.182 e. The van der Waals surface area contributed by atoms with Gasteiger partial charge in [0.15, 0.2) is 11.5 Å². The van der Waals surface area contributed by atoms with Gasteiger partial charge >= 0.3 is 0 Å². The summed E-state index contributed by atoms with van der Waals surface area (Å²) >= 11 is 0. The summed E-state index contributed by atoms with van der Waals surface area (Å²) in [5.74, 6) is 0.754. The van der Waals surface area contributed by atoms with Crippen LogP contribution in [0.2, 0.25) is 0 Å². The zero-order chi connectivity index (χ0) is 15.5. The lowest BCUT2D eigenvalue weighted by atomic mass is 10.2. The van der Waals surface area contributed by atoms with Crippen LogP contribution in [0.1, 0.15) is 17.4 Å². The lowest BCUT2D eigenvalue weighted by Gasteiger charge is -2.28. The first-order chi connectivity index (χ1) is 10.7. The number of ketones is 1. The Bertz CT molecular complexity index is 658. The minimum absolute atomic E-state index is 0.0336. The van der Waals surface area contributed by atoms with Crippen LogP contribution in [-0.4, -0.2) is 49.0 Å². The number of hydrogen-bond donors (Lipinski definition) is 0. The molecule has 22 heavy (non-hydrogen) atoms. The number of carbonyl (C=O) groups excluding carboxylic acids is 1. The van der Waals surface area contributed by atoms with Gasteiger partial charge in [-0.1, -0.05) is 0 Å². The second-order valence-electron chi connectivity index (χ2n) is 5.16. The summed E-state index contributed by atoms with van der Waals surface area (Å²) in [6.45, 7) is 4.43. The average molecular weight is 301 g/mol. The maximum absolute atomic E-state index is 11.9. The van der Waals surface area contributed by atoms with Crippen LogP contribution in [0.3, 0.4) is 0 Å². The third-order valence-corrected chi connectivity index (χ3v) is 3.72. The molecule has 1 aliphatic rings. The number of hydrogen-bond acceptors (Lipinski definition) is 5. The maximum atomic E-state index is 11.9. The molecule has 0 amide bonds. The van der Waals surface area contributed by atoms with Crippen molar-refractivity contribution in [2.24, 2.45) is 0 Å². The fourth-order valence-electron chi connectivity index (χ4n) is 2.52. The van der Waals surface area contributed by atoms with Crippen LogP contribution in [-0.2, 0) is 4.74 Å². The van der Waals surface area contributed by atoms with Gasteiger partial charge in [-0.05, 0) is 24.3 Å². The quantitative estimate of drug-likeness (QED) is 0.808. The van der Waals surface area contributed by atoms with Crippen molar-refractivity contribution in [2.45, 2.75) is 6.92 Å². The number of aromatic nitrogens is 2. The highest BCUT2D eigenvalue weighted by Gasteiger charge is 2.21. The summed E-state index contributed by atoms with van der Waals surface area (Å²) in [5, 5.41) is 4.45. The Morgan fingerprint density at radius 2 is 1.91 bits per heavy atom. The molecule has 0 spiro atoms. The fraction of sp³-hybridized carbons (Fsp3) is 0.375. The van der Waals surface area contributed by atoms with E-state index in [9.17, 15) is 4.79 Å². The van der Waals surface area contributed by atoms with Crippen LogP contribution in [0.5, 0.6) is 5.75 Å². The number of anilines is 1. The summed E-state index contributed by atoms with van der Waals surface area (Å²) in [7, 11) is 1.63. The van der Waals surface area contributed by atoms with E-state index in [0.717, 1.165) is 30.2 Å². The standard InChI is InChI=1S/C16H19N3O3/c1-12(20)16-15(18-7-9-22-10-8-18)11-19(17-16)13-3-5-14(21-2)6-4-13/h3-6,11H,7-10H2,1-2H3. The number of methoxy groups -OCH3 is 1. The van der Waals surface area contributed by atoms with E-state index in [1.165, 1.54) is 0 Å². The van der Waals surface area contributed by atoms with Crippen LogP contribution < -0.4 is 9.64 Å². The van der Waals surface area contributed by atoms with E-state index in [-0.39, 0.29) is 5.78 Å². The number of Topliss-reactive ketones (excluding diaryl/α,β-unsaturated/α-hetero) is 1.